The largest absolute Gasteiger partial charge is 0.497 e. The van der Waals surface area contributed by atoms with Crippen LogP contribution < -0.4 is 14.8 Å². The number of rotatable bonds is 6. The molecule has 2 rings (SSSR count). The number of amides is 1. The van der Waals surface area contributed by atoms with Gasteiger partial charge in [0.25, 0.3) is 5.91 Å². The molecule has 2 N–H and O–H groups in total. The second-order valence-electron chi connectivity index (χ2n) is 7.37. The summed E-state index contributed by atoms with van der Waals surface area (Å²) >= 11 is 0. The molecule has 0 aromatic heterocycles. The van der Waals surface area contributed by atoms with Crippen molar-refractivity contribution in [2.45, 2.75) is 44.7 Å². The lowest BCUT2D eigenvalue weighted by molar-refractivity contribution is 0.0950. The van der Waals surface area contributed by atoms with Crippen LogP contribution in [0.1, 0.15) is 42.3 Å². The van der Waals surface area contributed by atoms with E-state index in [1.165, 1.54) is 12.1 Å². The van der Waals surface area contributed by atoms with Crippen LogP contribution >= 0.6 is 0 Å². The molecule has 0 aliphatic carbocycles. The highest BCUT2D eigenvalue weighted by Gasteiger charge is 2.23. The molecule has 27 heavy (non-hydrogen) atoms. The zero-order chi connectivity index (χ0) is 20.2. The maximum absolute atomic E-state index is 12.6. The zero-order valence-electron chi connectivity index (χ0n) is 16.3. The Labute approximate surface area is 161 Å². The number of carbonyl (C=O) groups is 1. The third-order valence-corrected chi connectivity index (χ3v) is 5.55. The molecule has 0 unspecified atom stereocenters. The number of methoxy groups -OCH3 is 1. The molecule has 0 radical (unpaired) electrons. The van der Waals surface area contributed by atoms with Crippen molar-refractivity contribution in [2.24, 2.45) is 0 Å². The summed E-state index contributed by atoms with van der Waals surface area (Å²) in [5.74, 6) is 0.377. The molecule has 0 fully saturated rings. The number of sulfonamides is 1. The summed E-state index contributed by atoms with van der Waals surface area (Å²) < 4.78 is 32.8. The molecule has 2 aromatic rings. The minimum atomic E-state index is -3.71. The van der Waals surface area contributed by atoms with Gasteiger partial charge in [-0.25, -0.2) is 13.1 Å². The molecule has 0 heterocycles. The van der Waals surface area contributed by atoms with Crippen molar-refractivity contribution in [3.8, 4) is 5.75 Å². The van der Waals surface area contributed by atoms with Gasteiger partial charge in [-0.05, 0) is 63.1 Å². The van der Waals surface area contributed by atoms with Gasteiger partial charge in [0.2, 0.25) is 10.0 Å². The average Bonchev–Trinajstić information content (AvgIpc) is 2.58. The summed E-state index contributed by atoms with van der Waals surface area (Å²) in [7, 11) is -2.13. The van der Waals surface area contributed by atoms with E-state index in [0.29, 0.717) is 23.4 Å². The third kappa shape index (κ3) is 5.80. The van der Waals surface area contributed by atoms with Crippen LogP contribution in [-0.4, -0.2) is 27.0 Å². The Balaban J connectivity index is 2.21. The fourth-order valence-electron chi connectivity index (χ4n) is 2.53. The number of hydrogen-bond donors (Lipinski definition) is 2. The number of hydrogen-bond acceptors (Lipinski definition) is 4. The van der Waals surface area contributed by atoms with Gasteiger partial charge in [0.1, 0.15) is 5.75 Å². The molecule has 6 nitrogen and oxygen atoms in total. The van der Waals surface area contributed by atoms with E-state index < -0.39 is 15.6 Å². The van der Waals surface area contributed by atoms with Crippen molar-refractivity contribution in [2.75, 3.05) is 7.11 Å². The second-order valence-corrected chi connectivity index (χ2v) is 9.05. The first kappa shape index (κ1) is 20.9. The molecule has 0 aliphatic heterocycles. The smallest absolute Gasteiger partial charge is 0.251 e. The van der Waals surface area contributed by atoms with Gasteiger partial charge in [0, 0.05) is 17.6 Å². The summed E-state index contributed by atoms with van der Waals surface area (Å²) in [6.45, 7) is 7.38. The summed E-state index contributed by atoms with van der Waals surface area (Å²) in [6.07, 6.45) is 0. The van der Waals surface area contributed by atoms with Crippen LogP contribution in [0.2, 0.25) is 0 Å². The van der Waals surface area contributed by atoms with Crippen LogP contribution in [0, 0.1) is 6.92 Å². The van der Waals surface area contributed by atoms with Crippen LogP contribution in [0.3, 0.4) is 0 Å². The number of benzene rings is 2. The van der Waals surface area contributed by atoms with Crippen LogP contribution in [0.15, 0.2) is 47.4 Å². The maximum atomic E-state index is 12.6. The van der Waals surface area contributed by atoms with Gasteiger partial charge in [0.15, 0.2) is 0 Å². The fourth-order valence-corrected chi connectivity index (χ4v) is 3.98. The molecule has 0 saturated heterocycles. The normalized spacial score (nSPS) is 11.9. The molecular weight excluding hydrogens is 364 g/mol. The van der Waals surface area contributed by atoms with E-state index in [9.17, 15) is 13.2 Å². The minimum absolute atomic E-state index is 0.0644. The zero-order valence-corrected chi connectivity index (χ0v) is 17.1. The van der Waals surface area contributed by atoms with E-state index in [1.807, 2.05) is 24.3 Å². The SMILES string of the molecule is COc1cccc(CNC(=O)c2cc(S(=O)(=O)NC(C)(C)C)ccc2C)c1. The van der Waals surface area contributed by atoms with Gasteiger partial charge < -0.3 is 10.1 Å². The van der Waals surface area contributed by atoms with Crippen molar-refractivity contribution >= 4 is 15.9 Å². The first-order chi connectivity index (χ1) is 12.5. The monoisotopic (exact) mass is 390 g/mol. The van der Waals surface area contributed by atoms with Crippen LogP contribution in [0.25, 0.3) is 0 Å². The van der Waals surface area contributed by atoms with E-state index >= 15 is 0 Å². The summed E-state index contributed by atoms with van der Waals surface area (Å²) in [5.41, 5.74) is 1.31. The van der Waals surface area contributed by atoms with Gasteiger partial charge in [-0.15, -0.1) is 0 Å². The Bertz CT molecular complexity index is 931. The van der Waals surface area contributed by atoms with E-state index in [1.54, 1.807) is 40.9 Å². The van der Waals surface area contributed by atoms with Crippen molar-refractivity contribution in [3.05, 3.63) is 59.2 Å². The molecule has 1 amide bonds. The lowest BCUT2D eigenvalue weighted by Crippen LogP contribution is -2.40. The fraction of sp³-hybridized carbons (Fsp3) is 0.350. The lowest BCUT2D eigenvalue weighted by atomic mass is 10.1. The number of aryl methyl sites for hydroxylation is 1. The first-order valence-corrected chi connectivity index (χ1v) is 10.1. The standard InChI is InChI=1S/C20H26N2O4S/c1-14-9-10-17(27(24,25)22-20(2,3)4)12-18(14)19(23)21-13-15-7-6-8-16(11-15)26-5/h6-12,22H,13H2,1-5H3,(H,21,23). The van der Waals surface area contributed by atoms with Crippen LogP contribution in [0.4, 0.5) is 0 Å². The van der Waals surface area contributed by atoms with E-state index in [0.717, 1.165) is 5.56 Å². The van der Waals surface area contributed by atoms with Gasteiger partial charge in [-0.1, -0.05) is 18.2 Å². The van der Waals surface area contributed by atoms with Crippen molar-refractivity contribution in [1.29, 1.82) is 0 Å². The highest BCUT2D eigenvalue weighted by molar-refractivity contribution is 7.89. The molecule has 0 atom stereocenters. The molecule has 0 saturated carbocycles. The Kier molecular flexibility index (Phi) is 6.28. The number of carbonyl (C=O) groups excluding carboxylic acids is 1. The summed E-state index contributed by atoms with van der Waals surface area (Å²) in [6, 6.07) is 11.9. The van der Waals surface area contributed by atoms with Crippen molar-refractivity contribution in [3.63, 3.8) is 0 Å². The summed E-state index contributed by atoms with van der Waals surface area (Å²) in [5, 5.41) is 2.82. The molecule has 146 valence electrons. The van der Waals surface area contributed by atoms with Gasteiger partial charge >= 0.3 is 0 Å². The second kappa shape index (κ2) is 8.10. The Hall–Kier alpha value is -2.38. The molecule has 0 bridgehead atoms. The van der Waals surface area contributed by atoms with Crippen molar-refractivity contribution < 1.29 is 17.9 Å². The average molecular weight is 391 g/mol. The van der Waals surface area contributed by atoms with E-state index in [4.69, 9.17) is 4.74 Å². The third-order valence-electron chi connectivity index (χ3n) is 3.79. The first-order valence-electron chi connectivity index (χ1n) is 8.57. The predicted molar refractivity (Wildman–Crippen MR) is 105 cm³/mol. The van der Waals surface area contributed by atoms with E-state index in [2.05, 4.69) is 10.0 Å². The van der Waals surface area contributed by atoms with Gasteiger partial charge in [0.05, 0.1) is 12.0 Å². The highest BCUT2D eigenvalue weighted by Crippen LogP contribution is 2.18. The minimum Gasteiger partial charge on any atom is -0.497 e. The summed E-state index contributed by atoms with van der Waals surface area (Å²) in [4.78, 5) is 12.7. The molecular formula is C20H26N2O4S. The van der Waals surface area contributed by atoms with Crippen molar-refractivity contribution in [1.82, 2.24) is 10.0 Å². The van der Waals surface area contributed by atoms with Crippen LogP contribution in [0.5, 0.6) is 5.75 Å². The molecule has 2 aromatic carbocycles. The lowest BCUT2D eigenvalue weighted by Gasteiger charge is -2.20. The Morgan fingerprint density at radius 2 is 1.81 bits per heavy atom. The van der Waals surface area contributed by atoms with Gasteiger partial charge in [-0.2, -0.15) is 0 Å². The molecule has 0 spiro atoms. The Morgan fingerprint density at radius 1 is 1.11 bits per heavy atom. The number of ether oxygens (including phenoxy) is 1. The van der Waals surface area contributed by atoms with Gasteiger partial charge in [-0.3, -0.25) is 4.79 Å². The highest BCUT2D eigenvalue weighted by atomic mass is 32.2. The molecule has 7 heteroatoms. The Morgan fingerprint density at radius 3 is 2.44 bits per heavy atom. The quantitative estimate of drug-likeness (QED) is 0.794. The topological polar surface area (TPSA) is 84.5 Å². The van der Waals surface area contributed by atoms with Crippen LogP contribution in [-0.2, 0) is 16.6 Å². The predicted octanol–water partition coefficient (Wildman–Crippen LogP) is 3.01. The maximum Gasteiger partial charge on any atom is 0.251 e. The molecule has 0 aliphatic rings. The number of nitrogens with one attached hydrogen (secondary N) is 2. The van der Waals surface area contributed by atoms with E-state index in [-0.39, 0.29) is 10.8 Å².